The van der Waals surface area contributed by atoms with Crippen LogP contribution >= 0.6 is 0 Å². The van der Waals surface area contributed by atoms with Gasteiger partial charge >= 0.3 is 0 Å². The van der Waals surface area contributed by atoms with Crippen molar-refractivity contribution < 1.29 is 9.90 Å². The largest absolute Gasteiger partial charge is 0.508 e. The number of hydrogen-bond donors (Lipinski definition) is 3. The summed E-state index contributed by atoms with van der Waals surface area (Å²) < 4.78 is 2.02. The van der Waals surface area contributed by atoms with E-state index in [0.29, 0.717) is 11.5 Å². The average molecular weight is 384 g/mol. The normalized spacial score (nSPS) is 10.8. The second-order valence-electron chi connectivity index (χ2n) is 6.68. The lowest BCUT2D eigenvalue weighted by Gasteiger charge is -2.09. The van der Waals surface area contributed by atoms with Crippen LogP contribution in [0.3, 0.4) is 0 Å². The number of phenols is 1. The summed E-state index contributed by atoms with van der Waals surface area (Å²) in [6, 6.07) is 14.6. The quantitative estimate of drug-likeness (QED) is 0.455. The standard InChI is InChI=1S/C23H20N4O2/c1-3-19(29)26-17-8-4-15(5-9-17)20-14(2)27-13-12-25-23(24)22(27)21(20)16-6-10-18(28)11-7-16/h3-13,28H,1H2,2H3,(H2,24,25)(H,26,29). The SMILES string of the molecule is C=CC(=O)Nc1ccc(-c2c(-c3ccc(O)cc3)c3c(N)nccn3c2C)cc1. The molecule has 0 aliphatic heterocycles. The maximum atomic E-state index is 11.5. The molecule has 4 aromatic rings. The molecule has 2 aromatic carbocycles. The van der Waals surface area contributed by atoms with Crippen molar-refractivity contribution in [1.29, 1.82) is 0 Å². The Morgan fingerprint density at radius 2 is 1.72 bits per heavy atom. The number of aryl methyl sites for hydroxylation is 1. The van der Waals surface area contributed by atoms with Gasteiger partial charge in [-0.3, -0.25) is 4.79 Å². The summed E-state index contributed by atoms with van der Waals surface area (Å²) >= 11 is 0. The van der Waals surface area contributed by atoms with Crippen molar-refractivity contribution in [1.82, 2.24) is 9.38 Å². The third-order valence-corrected chi connectivity index (χ3v) is 4.91. The van der Waals surface area contributed by atoms with E-state index in [2.05, 4.69) is 16.9 Å². The number of fused-ring (bicyclic) bond motifs is 1. The Hall–Kier alpha value is -4.06. The topological polar surface area (TPSA) is 92.6 Å². The molecule has 0 bridgehead atoms. The highest BCUT2D eigenvalue weighted by Gasteiger charge is 2.20. The highest BCUT2D eigenvalue weighted by atomic mass is 16.3. The molecule has 4 N–H and O–H groups in total. The smallest absolute Gasteiger partial charge is 0.247 e. The zero-order chi connectivity index (χ0) is 20.5. The van der Waals surface area contributed by atoms with Crippen LogP contribution in [0.2, 0.25) is 0 Å². The van der Waals surface area contributed by atoms with Crippen molar-refractivity contribution in [3.63, 3.8) is 0 Å². The first-order valence-electron chi connectivity index (χ1n) is 9.08. The number of anilines is 2. The summed E-state index contributed by atoms with van der Waals surface area (Å²) in [6.45, 7) is 5.49. The van der Waals surface area contributed by atoms with E-state index in [-0.39, 0.29) is 11.7 Å². The number of phenolic OH excluding ortho intramolecular Hbond substituents is 1. The summed E-state index contributed by atoms with van der Waals surface area (Å²) in [5.41, 5.74) is 12.6. The average Bonchev–Trinajstić information content (AvgIpc) is 3.03. The van der Waals surface area contributed by atoms with Crippen molar-refractivity contribution in [2.24, 2.45) is 0 Å². The van der Waals surface area contributed by atoms with Crippen LogP contribution in [0, 0.1) is 6.92 Å². The lowest BCUT2D eigenvalue weighted by molar-refractivity contribution is -0.111. The lowest BCUT2D eigenvalue weighted by atomic mass is 9.95. The van der Waals surface area contributed by atoms with Crippen molar-refractivity contribution in [3.8, 4) is 28.0 Å². The molecule has 0 unspecified atom stereocenters. The van der Waals surface area contributed by atoms with Gasteiger partial charge in [-0.05, 0) is 48.4 Å². The van der Waals surface area contributed by atoms with Crippen molar-refractivity contribution in [2.75, 3.05) is 11.1 Å². The van der Waals surface area contributed by atoms with Gasteiger partial charge in [0.2, 0.25) is 5.91 Å². The van der Waals surface area contributed by atoms with Crippen LogP contribution in [-0.4, -0.2) is 20.4 Å². The van der Waals surface area contributed by atoms with Gasteiger partial charge in [-0.15, -0.1) is 0 Å². The molecule has 29 heavy (non-hydrogen) atoms. The van der Waals surface area contributed by atoms with E-state index in [9.17, 15) is 9.90 Å². The first-order chi connectivity index (χ1) is 14.0. The minimum Gasteiger partial charge on any atom is -0.508 e. The third-order valence-electron chi connectivity index (χ3n) is 4.91. The molecule has 0 spiro atoms. The van der Waals surface area contributed by atoms with Gasteiger partial charge in [-0.25, -0.2) is 4.98 Å². The fraction of sp³-hybridized carbons (Fsp3) is 0.0435. The maximum absolute atomic E-state index is 11.5. The molecule has 0 radical (unpaired) electrons. The molecule has 0 aliphatic carbocycles. The summed E-state index contributed by atoms with van der Waals surface area (Å²) in [6.07, 6.45) is 4.79. The number of carbonyl (C=O) groups excluding carboxylic acids is 1. The van der Waals surface area contributed by atoms with E-state index in [0.717, 1.165) is 33.5 Å². The number of benzene rings is 2. The van der Waals surface area contributed by atoms with E-state index < -0.39 is 0 Å². The van der Waals surface area contributed by atoms with Gasteiger partial charge < -0.3 is 20.6 Å². The van der Waals surface area contributed by atoms with E-state index >= 15 is 0 Å². The van der Waals surface area contributed by atoms with Gasteiger partial charge in [0, 0.05) is 34.9 Å². The third kappa shape index (κ3) is 3.21. The Labute approximate surface area is 167 Å². The van der Waals surface area contributed by atoms with E-state index in [4.69, 9.17) is 5.73 Å². The van der Waals surface area contributed by atoms with Gasteiger partial charge in [0.05, 0.1) is 5.52 Å². The summed E-state index contributed by atoms with van der Waals surface area (Å²) in [5, 5.41) is 12.5. The molecule has 4 rings (SSSR count). The number of nitrogens with one attached hydrogen (secondary N) is 1. The molecule has 2 heterocycles. The Morgan fingerprint density at radius 1 is 1.10 bits per heavy atom. The van der Waals surface area contributed by atoms with Crippen LogP contribution in [0.25, 0.3) is 27.8 Å². The minimum absolute atomic E-state index is 0.198. The lowest BCUT2D eigenvalue weighted by Crippen LogP contribution is -2.06. The molecule has 6 heteroatoms. The van der Waals surface area contributed by atoms with Crippen LogP contribution in [0.5, 0.6) is 5.75 Å². The Morgan fingerprint density at radius 3 is 2.38 bits per heavy atom. The number of rotatable bonds is 4. The van der Waals surface area contributed by atoms with Crippen molar-refractivity contribution >= 4 is 22.9 Å². The van der Waals surface area contributed by atoms with E-state index in [1.165, 1.54) is 6.08 Å². The predicted molar refractivity (Wildman–Crippen MR) is 116 cm³/mol. The number of nitrogens with zero attached hydrogens (tertiary/aromatic N) is 2. The molecule has 0 fully saturated rings. The summed E-state index contributed by atoms with van der Waals surface area (Å²) in [4.78, 5) is 15.8. The molecule has 1 amide bonds. The molecule has 0 atom stereocenters. The second-order valence-corrected chi connectivity index (χ2v) is 6.68. The number of aromatic nitrogens is 2. The van der Waals surface area contributed by atoms with Gasteiger partial charge in [-0.1, -0.05) is 30.8 Å². The Balaban J connectivity index is 1.94. The van der Waals surface area contributed by atoms with Gasteiger partial charge in [0.25, 0.3) is 0 Å². The monoisotopic (exact) mass is 384 g/mol. The van der Waals surface area contributed by atoms with Crippen LogP contribution in [0.4, 0.5) is 11.5 Å². The van der Waals surface area contributed by atoms with Crippen LogP contribution in [0.15, 0.2) is 73.6 Å². The first-order valence-corrected chi connectivity index (χ1v) is 9.08. The zero-order valence-electron chi connectivity index (χ0n) is 15.9. The summed E-state index contributed by atoms with van der Waals surface area (Å²) in [7, 11) is 0. The molecular weight excluding hydrogens is 364 g/mol. The van der Waals surface area contributed by atoms with Gasteiger partial charge in [0.1, 0.15) is 11.6 Å². The number of aromatic hydroxyl groups is 1. The summed E-state index contributed by atoms with van der Waals surface area (Å²) in [5.74, 6) is 0.371. The molecular formula is C23H20N4O2. The second kappa shape index (κ2) is 7.16. The van der Waals surface area contributed by atoms with Crippen LogP contribution < -0.4 is 11.1 Å². The predicted octanol–water partition coefficient (Wildman–Crippen LogP) is 4.39. The number of carbonyl (C=O) groups is 1. The zero-order valence-corrected chi connectivity index (χ0v) is 15.9. The number of nitrogen functional groups attached to an aromatic ring is 1. The fourth-order valence-electron chi connectivity index (χ4n) is 3.56. The van der Waals surface area contributed by atoms with E-state index in [1.54, 1.807) is 18.3 Å². The number of nitrogens with two attached hydrogens (primary N) is 1. The van der Waals surface area contributed by atoms with E-state index in [1.807, 2.05) is 53.9 Å². The van der Waals surface area contributed by atoms with Crippen molar-refractivity contribution in [2.45, 2.75) is 6.92 Å². The van der Waals surface area contributed by atoms with Gasteiger partial charge in [0.15, 0.2) is 0 Å². The van der Waals surface area contributed by atoms with Gasteiger partial charge in [-0.2, -0.15) is 0 Å². The Kier molecular flexibility index (Phi) is 4.52. The van der Waals surface area contributed by atoms with Crippen molar-refractivity contribution in [3.05, 3.63) is 79.3 Å². The molecule has 0 aliphatic rings. The molecule has 6 nitrogen and oxygen atoms in total. The number of amides is 1. The maximum Gasteiger partial charge on any atom is 0.247 e. The molecule has 144 valence electrons. The number of hydrogen-bond acceptors (Lipinski definition) is 4. The Bertz CT molecular complexity index is 1220. The van der Waals surface area contributed by atoms with Crippen LogP contribution in [0.1, 0.15) is 5.69 Å². The minimum atomic E-state index is -0.257. The highest BCUT2D eigenvalue weighted by molar-refractivity contribution is 6.01. The first kappa shape index (κ1) is 18.3. The fourth-order valence-corrected chi connectivity index (χ4v) is 3.56. The molecule has 0 saturated heterocycles. The highest BCUT2D eigenvalue weighted by Crippen LogP contribution is 2.42. The molecule has 2 aromatic heterocycles. The van der Waals surface area contributed by atoms with Crippen LogP contribution in [-0.2, 0) is 4.79 Å². The molecule has 0 saturated carbocycles.